The summed E-state index contributed by atoms with van der Waals surface area (Å²) in [4.78, 5) is 24.3. The summed E-state index contributed by atoms with van der Waals surface area (Å²) < 4.78 is 14.7. The standard InChI is InChI=1S/C20H27N3O4/c1-13(24)14-11-22-15(9-17(14)25)16-10-19(27-8-6-7-26-5)21-23(16)12-18(22)20(2,3)4/h9-11,18H,6-8,12H2,1-5H3/t18-/m0/s1. The molecule has 27 heavy (non-hydrogen) atoms. The molecule has 146 valence electrons. The smallest absolute Gasteiger partial charge is 0.233 e. The van der Waals surface area contributed by atoms with Crippen molar-refractivity contribution in [2.45, 2.75) is 46.7 Å². The molecule has 3 heterocycles. The van der Waals surface area contributed by atoms with Crippen LogP contribution in [-0.2, 0) is 11.3 Å². The minimum absolute atomic E-state index is 0.0555. The molecule has 0 unspecified atom stereocenters. The van der Waals surface area contributed by atoms with E-state index in [0.29, 0.717) is 25.6 Å². The molecule has 7 nitrogen and oxygen atoms in total. The summed E-state index contributed by atoms with van der Waals surface area (Å²) in [7, 11) is 1.66. The number of hydrogen-bond acceptors (Lipinski definition) is 5. The molecule has 0 aliphatic carbocycles. The maximum Gasteiger partial charge on any atom is 0.233 e. The van der Waals surface area contributed by atoms with Crippen LogP contribution in [0.5, 0.6) is 5.88 Å². The van der Waals surface area contributed by atoms with E-state index in [9.17, 15) is 9.59 Å². The number of pyridine rings is 1. The van der Waals surface area contributed by atoms with Gasteiger partial charge >= 0.3 is 0 Å². The lowest BCUT2D eigenvalue weighted by Gasteiger charge is -2.38. The zero-order valence-corrected chi connectivity index (χ0v) is 16.6. The van der Waals surface area contributed by atoms with Gasteiger partial charge in [-0.2, -0.15) is 0 Å². The summed E-state index contributed by atoms with van der Waals surface area (Å²) in [5, 5.41) is 4.57. The van der Waals surface area contributed by atoms with Gasteiger partial charge in [-0.25, -0.2) is 0 Å². The number of nitrogens with zero attached hydrogens (tertiary/aromatic N) is 3. The fourth-order valence-electron chi connectivity index (χ4n) is 3.41. The van der Waals surface area contributed by atoms with Gasteiger partial charge in [0, 0.05) is 38.5 Å². The Morgan fingerprint density at radius 2 is 2.00 bits per heavy atom. The van der Waals surface area contributed by atoms with Crippen molar-refractivity contribution in [3.8, 4) is 17.3 Å². The molecule has 2 aromatic heterocycles. The molecule has 0 aromatic carbocycles. The van der Waals surface area contributed by atoms with Gasteiger partial charge in [0.05, 0.1) is 36.1 Å². The van der Waals surface area contributed by atoms with Crippen molar-refractivity contribution in [3.63, 3.8) is 0 Å². The van der Waals surface area contributed by atoms with Crippen LogP contribution in [0.1, 0.15) is 50.5 Å². The average Bonchev–Trinajstić information content (AvgIpc) is 2.99. The highest BCUT2D eigenvalue weighted by atomic mass is 16.5. The van der Waals surface area contributed by atoms with Gasteiger partial charge in [-0.05, 0) is 12.3 Å². The molecule has 0 bridgehead atoms. The van der Waals surface area contributed by atoms with E-state index in [1.165, 1.54) is 13.0 Å². The topological polar surface area (TPSA) is 75.3 Å². The predicted molar refractivity (Wildman–Crippen MR) is 102 cm³/mol. The van der Waals surface area contributed by atoms with Gasteiger partial charge in [0.25, 0.3) is 0 Å². The van der Waals surface area contributed by atoms with Gasteiger partial charge in [-0.15, -0.1) is 5.10 Å². The summed E-state index contributed by atoms with van der Waals surface area (Å²) in [6.45, 7) is 9.65. The minimum Gasteiger partial charge on any atom is -0.477 e. The fourth-order valence-corrected chi connectivity index (χ4v) is 3.41. The number of ether oxygens (including phenoxy) is 2. The quantitative estimate of drug-likeness (QED) is 0.575. The van der Waals surface area contributed by atoms with Gasteiger partial charge in [0.1, 0.15) is 0 Å². The predicted octanol–water partition coefficient (Wildman–Crippen LogP) is 2.93. The Bertz CT molecular complexity index is 905. The molecule has 2 aromatic rings. The van der Waals surface area contributed by atoms with E-state index in [-0.39, 0.29) is 28.2 Å². The van der Waals surface area contributed by atoms with Crippen LogP contribution in [0.15, 0.2) is 23.1 Å². The van der Waals surface area contributed by atoms with Crippen molar-refractivity contribution >= 4 is 5.78 Å². The third-order valence-electron chi connectivity index (χ3n) is 4.90. The average molecular weight is 373 g/mol. The van der Waals surface area contributed by atoms with Crippen molar-refractivity contribution in [2.24, 2.45) is 5.41 Å². The third kappa shape index (κ3) is 3.83. The Morgan fingerprint density at radius 3 is 2.63 bits per heavy atom. The highest BCUT2D eigenvalue weighted by molar-refractivity contribution is 5.94. The molecule has 0 fully saturated rings. The number of hydrogen-bond donors (Lipinski definition) is 0. The number of rotatable bonds is 6. The lowest BCUT2D eigenvalue weighted by Crippen LogP contribution is -2.35. The van der Waals surface area contributed by atoms with Crippen LogP contribution in [0.2, 0.25) is 0 Å². The van der Waals surface area contributed by atoms with E-state index >= 15 is 0 Å². The molecule has 0 saturated carbocycles. The summed E-state index contributed by atoms with van der Waals surface area (Å²) in [5.74, 6) is 0.314. The lowest BCUT2D eigenvalue weighted by molar-refractivity contribution is 0.101. The van der Waals surface area contributed by atoms with Gasteiger partial charge in [-0.1, -0.05) is 20.8 Å². The zero-order valence-electron chi connectivity index (χ0n) is 16.6. The number of methoxy groups -OCH3 is 1. The monoisotopic (exact) mass is 373 g/mol. The second kappa shape index (κ2) is 7.31. The van der Waals surface area contributed by atoms with Gasteiger partial charge in [0.15, 0.2) is 11.2 Å². The second-order valence-corrected chi connectivity index (χ2v) is 8.03. The van der Waals surface area contributed by atoms with Crippen LogP contribution < -0.4 is 10.2 Å². The van der Waals surface area contributed by atoms with Crippen LogP contribution >= 0.6 is 0 Å². The van der Waals surface area contributed by atoms with E-state index in [1.54, 1.807) is 13.3 Å². The fraction of sp³-hybridized carbons (Fsp3) is 0.550. The molecule has 0 saturated heterocycles. The van der Waals surface area contributed by atoms with Crippen LogP contribution in [0.4, 0.5) is 0 Å². The molecule has 1 aliphatic rings. The van der Waals surface area contributed by atoms with Crippen molar-refractivity contribution in [1.29, 1.82) is 0 Å². The SMILES string of the molecule is COCCCOc1cc2n(n1)C[C@@H](C(C)(C)C)n1cc(C(C)=O)c(=O)cc1-2. The number of ketones is 1. The highest BCUT2D eigenvalue weighted by Gasteiger charge is 2.34. The maximum atomic E-state index is 12.4. The Balaban J connectivity index is 2.04. The Kier molecular flexibility index (Phi) is 5.24. The molecular formula is C20H27N3O4. The number of fused-ring (bicyclic) bond motifs is 3. The summed E-state index contributed by atoms with van der Waals surface area (Å²) in [6.07, 6.45) is 2.48. The normalized spacial score (nSPS) is 16.0. The van der Waals surface area contributed by atoms with E-state index in [2.05, 4.69) is 25.9 Å². The van der Waals surface area contributed by atoms with Crippen molar-refractivity contribution in [1.82, 2.24) is 14.3 Å². The summed E-state index contributed by atoms with van der Waals surface area (Å²) >= 11 is 0. The maximum absolute atomic E-state index is 12.4. The minimum atomic E-state index is -0.265. The first-order valence-corrected chi connectivity index (χ1v) is 9.19. The van der Waals surface area contributed by atoms with E-state index in [0.717, 1.165) is 17.8 Å². The Hall–Kier alpha value is -2.41. The number of aromatic nitrogens is 3. The molecule has 0 amide bonds. The molecule has 0 spiro atoms. The Labute approximate surface area is 158 Å². The second-order valence-electron chi connectivity index (χ2n) is 8.03. The molecule has 3 rings (SSSR count). The first kappa shape index (κ1) is 19.4. The van der Waals surface area contributed by atoms with E-state index in [4.69, 9.17) is 9.47 Å². The van der Waals surface area contributed by atoms with Crippen LogP contribution in [0.25, 0.3) is 11.4 Å². The Morgan fingerprint density at radius 1 is 1.26 bits per heavy atom. The first-order valence-electron chi connectivity index (χ1n) is 9.19. The first-order chi connectivity index (χ1) is 12.7. The van der Waals surface area contributed by atoms with E-state index < -0.39 is 0 Å². The number of Topliss-reactive ketones (excluding diaryl/α,β-unsaturated/α-hetero) is 1. The van der Waals surface area contributed by atoms with Crippen molar-refractivity contribution in [2.75, 3.05) is 20.3 Å². The van der Waals surface area contributed by atoms with Crippen LogP contribution in [0.3, 0.4) is 0 Å². The largest absolute Gasteiger partial charge is 0.477 e. The molecule has 0 N–H and O–H groups in total. The van der Waals surface area contributed by atoms with Crippen molar-refractivity contribution in [3.05, 3.63) is 34.1 Å². The summed E-state index contributed by atoms with van der Waals surface area (Å²) in [6, 6.07) is 3.45. The van der Waals surface area contributed by atoms with Gasteiger partial charge in [-0.3, -0.25) is 14.3 Å². The molecule has 0 radical (unpaired) electrons. The summed E-state index contributed by atoms with van der Waals surface area (Å²) in [5.41, 5.74) is 1.46. The van der Waals surface area contributed by atoms with Crippen LogP contribution in [0, 0.1) is 5.41 Å². The molecule has 1 atom stereocenters. The van der Waals surface area contributed by atoms with E-state index in [1.807, 2.05) is 15.3 Å². The number of carbonyl (C=O) groups excluding carboxylic acids is 1. The third-order valence-corrected chi connectivity index (χ3v) is 4.90. The van der Waals surface area contributed by atoms with Gasteiger partial charge in [0.2, 0.25) is 5.88 Å². The van der Waals surface area contributed by atoms with Gasteiger partial charge < -0.3 is 14.0 Å². The highest BCUT2D eigenvalue weighted by Crippen LogP contribution is 2.40. The zero-order chi connectivity index (χ0) is 19.8. The lowest BCUT2D eigenvalue weighted by atomic mass is 9.85. The molecule has 1 aliphatic heterocycles. The molecule has 7 heteroatoms. The van der Waals surface area contributed by atoms with Crippen LogP contribution in [-0.4, -0.2) is 40.5 Å². The van der Waals surface area contributed by atoms with Crippen molar-refractivity contribution < 1.29 is 14.3 Å². The molecular weight excluding hydrogens is 346 g/mol. The number of carbonyl (C=O) groups is 1.